The van der Waals surface area contributed by atoms with E-state index >= 15 is 4.39 Å². The molecule has 35 heavy (non-hydrogen) atoms. The van der Waals surface area contributed by atoms with E-state index in [-0.39, 0.29) is 23.6 Å². The molecule has 2 aromatic rings. The number of ether oxygens (including phenoxy) is 1. The highest BCUT2D eigenvalue weighted by Gasteiger charge is 2.36. The summed E-state index contributed by atoms with van der Waals surface area (Å²) in [6, 6.07) is 1.69. The topological polar surface area (TPSA) is 80.5 Å². The Labute approximate surface area is 205 Å². The van der Waals surface area contributed by atoms with Gasteiger partial charge >= 0.3 is 6.18 Å². The van der Waals surface area contributed by atoms with Crippen molar-refractivity contribution in [3.63, 3.8) is 0 Å². The van der Waals surface area contributed by atoms with E-state index < -0.39 is 18.5 Å². The van der Waals surface area contributed by atoms with Crippen LogP contribution in [0.3, 0.4) is 0 Å². The lowest BCUT2D eigenvalue weighted by Gasteiger charge is -2.35. The lowest BCUT2D eigenvalue weighted by Crippen LogP contribution is -2.43. The number of hydrogen-bond donors (Lipinski definition) is 1. The van der Waals surface area contributed by atoms with Crippen LogP contribution < -0.4 is 10.1 Å². The van der Waals surface area contributed by atoms with Crippen LogP contribution in [0.5, 0.6) is 5.19 Å². The van der Waals surface area contributed by atoms with E-state index in [0.717, 1.165) is 16.3 Å². The van der Waals surface area contributed by atoms with Gasteiger partial charge in [0, 0.05) is 43.0 Å². The Balaban J connectivity index is 1.17. The van der Waals surface area contributed by atoms with E-state index in [0.29, 0.717) is 70.3 Å². The van der Waals surface area contributed by atoms with Crippen molar-refractivity contribution in [2.45, 2.75) is 76.2 Å². The van der Waals surface area contributed by atoms with Gasteiger partial charge in [0.25, 0.3) is 5.19 Å². The Morgan fingerprint density at radius 3 is 2.74 bits per heavy atom. The van der Waals surface area contributed by atoms with E-state index in [2.05, 4.69) is 20.4 Å². The average Bonchev–Trinajstić information content (AvgIpc) is 3.33. The molecule has 7 nitrogen and oxygen atoms in total. The zero-order valence-electron chi connectivity index (χ0n) is 19.6. The zero-order valence-corrected chi connectivity index (χ0v) is 20.4. The molecule has 0 aromatic carbocycles. The molecule has 0 unspecified atom stereocenters. The van der Waals surface area contributed by atoms with Gasteiger partial charge in [-0.25, -0.2) is 9.37 Å². The quantitative estimate of drug-likeness (QED) is 0.528. The van der Waals surface area contributed by atoms with Crippen molar-refractivity contribution in [1.29, 1.82) is 0 Å². The average molecular weight is 519 g/mol. The van der Waals surface area contributed by atoms with E-state index in [1.807, 2.05) is 0 Å². The summed E-state index contributed by atoms with van der Waals surface area (Å²) in [5.41, 5.74) is 0.252. The largest absolute Gasteiger partial charge is 0.460 e. The number of rotatable bonds is 8. The molecule has 0 saturated heterocycles. The summed E-state index contributed by atoms with van der Waals surface area (Å²) in [6.07, 6.45) is -0.553. The van der Waals surface area contributed by atoms with Crippen molar-refractivity contribution in [3.8, 4) is 5.19 Å². The highest BCUT2D eigenvalue weighted by atomic mass is 32.1. The van der Waals surface area contributed by atoms with Gasteiger partial charge in [-0.2, -0.15) is 13.2 Å². The van der Waals surface area contributed by atoms with Gasteiger partial charge in [0.2, 0.25) is 5.91 Å². The van der Waals surface area contributed by atoms with Crippen LogP contribution in [0.25, 0.3) is 0 Å². The maximum absolute atomic E-state index is 15.4. The van der Waals surface area contributed by atoms with Gasteiger partial charge in [-0.3, -0.25) is 4.79 Å². The summed E-state index contributed by atoms with van der Waals surface area (Å²) >= 11 is 1.17. The van der Waals surface area contributed by atoms with Crippen LogP contribution >= 0.6 is 11.3 Å². The molecule has 1 aliphatic heterocycles. The SMILES string of the molecule is Cc1cc(CC(=O)N[C@H]2CC[C@](F)(CCN3CCc4nc(OCC(F)(F)F)sc4CC3)CC2)on1. The third-order valence-corrected chi connectivity index (χ3v) is 7.64. The summed E-state index contributed by atoms with van der Waals surface area (Å²) in [5, 5.41) is 6.81. The second kappa shape index (κ2) is 10.8. The molecule has 0 radical (unpaired) electrons. The van der Waals surface area contributed by atoms with Crippen LogP contribution in [0, 0.1) is 6.92 Å². The third-order valence-electron chi connectivity index (χ3n) is 6.57. The fraction of sp³-hybridized carbons (Fsp3) is 0.696. The molecule has 0 bridgehead atoms. The molecular formula is C23H30F4N4O3S. The van der Waals surface area contributed by atoms with Crippen molar-refractivity contribution in [3.05, 3.63) is 28.1 Å². The van der Waals surface area contributed by atoms with Gasteiger partial charge in [-0.15, -0.1) is 0 Å². The number of fused-ring (bicyclic) bond motifs is 1. The minimum Gasteiger partial charge on any atom is -0.460 e. The molecule has 1 N–H and O–H groups in total. The first-order valence-corrected chi connectivity index (χ1v) is 12.7. The molecule has 1 fully saturated rings. The molecule has 2 aliphatic rings. The summed E-state index contributed by atoms with van der Waals surface area (Å²) in [4.78, 5) is 19.6. The number of nitrogens with one attached hydrogen (secondary N) is 1. The Bertz CT molecular complexity index is 976. The van der Waals surface area contributed by atoms with Crippen molar-refractivity contribution in [1.82, 2.24) is 20.4 Å². The summed E-state index contributed by atoms with van der Waals surface area (Å²) in [6.45, 7) is 2.47. The normalized spacial score (nSPS) is 23.5. The minimum atomic E-state index is -4.39. The van der Waals surface area contributed by atoms with Gasteiger partial charge in [0.15, 0.2) is 6.61 Å². The second-order valence-corrected chi connectivity index (χ2v) is 10.5. The van der Waals surface area contributed by atoms with Crippen LogP contribution in [0.1, 0.15) is 54.1 Å². The Morgan fingerprint density at radius 2 is 2.06 bits per heavy atom. The lowest BCUT2D eigenvalue weighted by molar-refractivity contribution is -0.153. The molecule has 1 saturated carbocycles. The van der Waals surface area contributed by atoms with Crippen molar-refractivity contribution >= 4 is 17.2 Å². The van der Waals surface area contributed by atoms with Crippen molar-refractivity contribution in [2.75, 3.05) is 26.2 Å². The first-order chi connectivity index (χ1) is 16.6. The lowest BCUT2D eigenvalue weighted by atomic mass is 9.81. The molecule has 2 aromatic heterocycles. The third kappa shape index (κ3) is 7.63. The first-order valence-electron chi connectivity index (χ1n) is 11.9. The summed E-state index contributed by atoms with van der Waals surface area (Å²) in [7, 11) is 0. The molecular weight excluding hydrogens is 488 g/mol. The van der Waals surface area contributed by atoms with E-state index in [1.165, 1.54) is 11.3 Å². The predicted molar refractivity (Wildman–Crippen MR) is 121 cm³/mol. The minimum absolute atomic E-state index is 0.0376. The predicted octanol–water partition coefficient (Wildman–Crippen LogP) is 4.18. The highest BCUT2D eigenvalue weighted by Crippen LogP contribution is 2.36. The van der Waals surface area contributed by atoms with E-state index in [4.69, 9.17) is 9.26 Å². The van der Waals surface area contributed by atoms with E-state index in [1.54, 1.807) is 13.0 Å². The number of amides is 1. The number of hydrogen-bond acceptors (Lipinski definition) is 7. The number of carbonyl (C=O) groups excluding carboxylic acids is 1. The molecule has 12 heteroatoms. The summed E-state index contributed by atoms with van der Waals surface area (Å²) in [5.74, 6) is 0.373. The van der Waals surface area contributed by atoms with Crippen LogP contribution in [0.4, 0.5) is 17.6 Å². The zero-order chi connectivity index (χ0) is 25.1. The van der Waals surface area contributed by atoms with Gasteiger partial charge in [0.1, 0.15) is 11.4 Å². The number of halogens is 4. The molecule has 0 atom stereocenters. The molecule has 1 aliphatic carbocycles. The number of aromatic nitrogens is 2. The fourth-order valence-electron chi connectivity index (χ4n) is 4.64. The number of alkyl halides is 4. The number of thiazole rings is 1. The maximum atomic E-state index is 15.4. The van der Waals surface area contributed by atoms with Gasteiger partial charge in [0.05, 0.1) is 17.8 Å². The number of nitrogens with zero attached hydrogens (tertiary/aromatic N) is 3. The number of aryl methyl sites for hydroxylation is 1. The Hall–Kier alpha value is -2.21. The highest BCUT2D eigenvalue weighted by molar-refractivity contribution is 7.13. The standard InChI is InChI=1S/C23H30F4N4O3S/c1-15-12-17(34-30-15)13-20(32)28-16-2-6-22(24,7-3-16)8-11-31-9-4-18-19(5-10-31)35-21(29-18)33-14-23(25,26)27/h12,16H,2-11,13-14H2,1H3,(H,28,32)/t16-,22+. The van der Waals surface area contributed by atoms with Crippen LogP contribution in [0.2, 0.25) is 0 Å². The van der Waals surface area contributed by atoms with Crippen LogP contribution in [-0.4, -0.2) is 65.1 Å². The van der Waals surface area contributed by atoms with Gasteiger partial charge < -0.3 is 19.5 Å². The van der Waals surface area contributed by atoms with E-state index in [9.17, 15) is 18.0 Å². The maximum Gasteiger partial charge on any atom is 0.422 e. The van der Waals surface area contributed by atoms with Crippen LogP contribution in [0.15, 0.2) is 10.6 Å². The Kier molecular flexibility index (Phi) is 7.99. The molecule has 3 heterocycles. The second-order valence-electron chi connectivity index (χ2n) is 9.45. The monoisotopic (exact) mass is 518 g/mol. The van der Waals surface area contributed by atoms with Crippen LogP contribution in [-0.2, 0) is 24.1 Å². The Morgan fingerprint density at radius 1 is 1.31 bits per heavy atom. The van der Waals surface area contributed by atoms with Crippen molar-refractivity contribution < 1.29 is 31.6 Å². The fourth-order valence-corrected chi connectivity index (χ4v) is 5.58. The van der Waals surface area contributed by atoms with Gasteiger partial charge in [-0.1, -0.05) is 16.5 Å². The molecule has 0 spiro atoms. The summed E-state index contributed by atoms with van der Waals surface area (Å²) < 4.78 is 62.4. The smallest absolute Gasteiger partial charge is 0.422 e. The first kappa shape index (κ1) is 25.9. The number of carbonyl (C=O) groups is 1. The molecule has 4 rings (SSSR count). The van der Waals surface area contributed by atoms with Gasteiger partial charge in [-0.05, 0) is 45.4 Å². The molecule has 194 valence electrons. The molecule has 1 amide bonds. The van der Waals surface area contributed by atoms with Crippen molar-refractivity contribution in [2.24, 2.45) is 0 Å².